The van der Waals surface area contributed by atoms with E-state index in [0.29, 0.717) is 16.7 Å². The molecule has 6 heteroatoms. The van der Waals surface area contributed by atoms with Gasteiger partial charge in [0.25, 0.3) is 5.22 Å². The fraction of sp³-hybridized carbons (Fsp3) is 0.167. The summed E-state index contributed by atoms with van der Waals surface area (Å²) in [5, 5.41) is 9.49. The Morgan fingerprint density at radius 1 is 1.56 bits per heavy atom. The number of methoxy groups -OCH3 is 1. The average molecular weight is 265 g/mol. The number of thioether (sulfide) groups is 1. The molecule has 2 rings (SSSR count). The van der Waals surface area contributed by atoms with E-state index in [9.17, 15) is 4.79 Å². The van der Waals surface area contributed by atoms with Gasteiger partial charge in [0.05, 0.1) is 18.9 Å². The van der Waals surface area contributed by atoms with Gasteiger partial charge in [-0.2, -0.15) is 0 Å². The summed E-state index contributed by atoms with van der Waals surface area (Å²) in [5.74, 6) is 0.226. The van der Waals surface area contributed by atoms with E-state index in [0.717, 1.165) is 5.56 Å². The predicted molar refractivity (Wildman–Crippen MR) is 66.0 cm³/mol. The summed E-state index contributed by atoms with van der Waals surface area (Å²) in [4.78, 5) is 14.9. The minimum atomic E-state index is -0.958. The molecule has 0 spiro atoms. The zero-order valence-corrected chi connectivity index (χ0v) is 10.4. The first-order valence-corrected chi connectivity index (χ1v) is 6.12. The number of carboxylic acids is 1. The molecule has 0 saturated carbocycles. The number of aromatic nitrogens is 1. The molecule has 1 heterocycles. The second kappa shape index (κ2) is 5.59. The van der Waals surface area contributed by atoms with E-state index < -0.39 is 5.97 Å². The van der Waals surface area contributed by atoms with Crippen LogP contribution in [0.15, 0.2) is 40.3 Å². The van der Waals surface area contributed by atoms with Gasteiger partial charge in [0.15, 0.2) is 0 Å². The zero-order chi connectivity index (χ0) is 13.0. The number of aromatic carboxylic acids is 1. The fourth-order valence-electron chi connectivity index (χ4n) is 1.45. The van der Waals surface area contributed by atoms with Crippen LogP contribution in [0.1, 0.15) is 15.9 Å². The molecule has 0 bridgehead atoms. The van der Waals surface area contributed by atoms with Crippen LogP contribution >= 0.6 is 11.8 Å². The highest BCUT2D eigenvalue weighted by Gasteiger charge is 2.10. The Hall–Kier alpha value is -1.95. The van der Waals surface area contributed by atoms with E-state index in [1.807, 2.05) is 0 Å². The molecule has 0 unspecified atom stereocenters. The number of carbonyl (C=O) groups is 1. The Kier molecular flexibility index (Phi) is 3.88. The predicted octanol–water partition coefficient (Wildman–Crippen LogP) is 2.67. The van der Waals surface area contributed by atoms with Crippen LogP contribution in [-0.4, -0.2) is 23.2 Å². The number of carboxylic acid groups (broad SMARTS) is 1. The van der Waals surface area contributed by atoms with Gasteiger partial charge in [0.1, 0.15) is 12.0 Å². The molecule has 1 aromatic heterocycles. The topological polar surface area (TPSA) is 72.6 Å². The highest BCUT2D eigenvalue weighted by molar-refractivity contribution is 7.98. The quantitative estimate of drug-likeness (QED) is 0.838. The largest absolute Gasteiger partial charge is 0.496 e. The molecule has 18 heavy (non-hydrogen) atoms. The fourth-order valence-corrected chi connectivity index (χ4v) is 2.21. The number of hydrogen-bond acceptors (Lipinski definition) is 5. The molecule has 0 atom stereocenters. The second-order valence-electron chi connectivity index (χ2n) is 3.42. The molecule has 0 saturated heterocycles. The van der Waals surface area contributed by atoms with E-state index in [1.165, 1.54) is 24.1 Å². The maximum atomic E-state index is 10.9. The maximum absolute atomic E-state index is 10.9. The van der Waals surface area contributed by atoms with Crippen molar-refractivity contribution >= 4 is 17.7 Å². The Morgan fingerprint density at radius 3 is 3.00 bits per heavy atom. The van der Waals surface area contributed by atoms with Gasteiger partial charge in [0.2, 0.25) is 0 Å². The molecule has 1 aromatic carbocycles. The smallest absolute Gasteiger partial charge is 0.335 e. The number of ether oxygens (including phenoxy) is 1. The lowest BCUT2D eigenvalue weighted by Crippen LogP contribution is -1.99. The average Bonchev–Trinajstić information content (AvgIpc) is 2.89. The van der Waals surface area contributed by atoms with Crippen LogP contribution < -0.4 is 4.74 Å². The maximum Gasteiger partial charge on any atom is 0.335 e. The standard InChI is InChI=1S/C12H11NO4S/c1-16-10-3-2-8(11(14)15)6-9(10)7-18-12-13-4-5-17-12/h2-6H,7H2,1H3,(H,14,15). The lowest BCUT2D eigenvalue weighted by Gasteiger charge is -2.08. The van der Waals surface area contributed by atoms with Crippen LogP contribution in [0.4, 0.5) is 0 Å². The summed E-state index contributed by atoms with van der Waals surface area (Å²) in [6.07, 6.45) is 3.06. The van der Waals surface area contributed by atoms with Crippen molar-refractivity contribution in [3.05, 3.63) is 41.8 Å². The van der Waals surface area contributed by atoms with Crippen LogP contribution in [0.2, 0.25) is 0 Å². The van der Waals surface area contributed by atoms with Crippen molar-refractivity contribution in [2.45, 2.75) is 11.0 Å². The van der Waals surface area contributed by atoms with Crippen LogP contribution in [0.5, 0.6) is 5.75 Å². The van der Waals surface area contributed by atoms with Crippen molar-refractivity contribution in [1.82, 2.24) is 4.98 Å². The minimum absolute atomic E-state index is 0.235. The summed E-state index contributed by atoms with van der Waals surface area (Å²) in [5.41, 5.74) is 1.03. The van der Waals surface area contributed by atoms with Crippen LogP contribution in [0.3, 0.4) is 0 Å². The Balaban J connectivity index is 2.18. The van der Waals surface area contributed by atoms with Gasteiger partial charge in [-0.05, 0) is 18.2 Å². The van der Waals surface area contributed by atoms with Crippen molar-refractivity contribution in [2.75, 3.05) is 7.11 Å². The number of oxazole rings is 1. The van der Waals surface area contributed by atoms with Gasteiger partial charge in [-0.25, -0.2) is 9.78 Å². The van der Waals surface area contributed by atoms with E-state index >= 15 is 0 Å². The molecule has 0 fully saturated rings. The van der Waals surface area contributed by atoms with Gasteiger partial charge >= 0.3 is 5.97 Å². The van der Waals surface area contributed by atoms with Gasteiger partial charge in [0, 0.05) is 11.3 Å². The van der Waals surface area contributed by atoms with Gasteiger partial charge in [-0.1, -0.05) is 11.8 Å². The van der Waals surface area contributed by atoms with Gasteiger partial charge in [-0.15, -0.1) is 0 Å². The van der Waals surface area contributed by atoms with Gasteiger partial charge in [-0.3, -0.25) is 0 Å². The third kappa shape index (κ3) is 2.84. The lowest BCUT2D eigenvalue weighted by atomic mass is 10.1. The molecule has 0 aliphatic heterocycles. The third-order valence-electron chi connectivity index (χ3n) is 2.29. The number of hydrogen-bond donors (Lipinski definition) is 1. The van der Waals surface area contributed by atoms with Crippen LogP contribution in [0, 0.1) is 0 Å². The molecule has 0 aliphatic rings. The SMILES string of the molecule is COc1ccc(C(=O)O)cc1CSc1ncco1. The summed E-state index contributed by atoms with van der Waals surface area (Å²) in [7, 11) is 1.55. The minimum Gasteiger partial charge on any atom is -0.496 e. The first-order chi connectivity index (χ1) is 8.70. The summed E-state index contributed by atoms with van der Waals surface area (Å²) < 4.78 is 10.3. The van der Waals surface area contributed by atoms with Crippen molar-refractivity contribution in [1.29, 1.82) is 0 Å². The van der Waals surface area contributed by atoms with Crippen LogP contribution in [-0.2, 0) is 5.75 Å². The number of rotatable bonds is 5. The van der Waals surface area contributed by atoms with Crippen molar-refractivity contribution < 1.29 is 19.1 Å². The molecule has 0 amide bonds. The van der Waals surface area contributed by atoms with E-state index in [1.54, 1.807) is 25.4 Å². The number of benzene rings is 1. The molecule has 94 valence electrons. The number of nitrogens with zero attached hydrogens (tertiary/aromatic N) is 1. The van der Waals surface area contributed by atoms with E-state index in [-0.39, 0.29) is 5.56 Å². The molecule has 0 radical (unpaired) electrons. The molecular weight excluding hydrogens is 254 g/mol. The first-order valence-electron chi connectivity index (χ1n) is 5.13. The van der Waals surface area contributed by atoms with Crippen LogP contribution in [0.25, 0.3) is 0 Å². The van der Waals surface area contributed by atoms with E-state index in [4.69, 9.17) is 14.3 Å². The molecule has 5 nitrogen and oxygen atoms in total. The first kappa shape index (κ1) is 12.5. The monoisotopic (exact) mass is 265 g/mol. The second-order valence-corrected chi connectivity index (χ2v) is 4.35. The summed E-state index contributed by atoms with van der Waals surface area (Å²) in [6, 6.07) is 4.76. The Bertz CT molecular complexity index is 539. The summed E-state index contributed by atoms with van der Waals surface area (Å²) in [6.45, 7) is 0. The van der Waals surface area contributed by atoms with E-state index in [2.05, 4.69) is 4.98 Å². The van der Waals surface area contributed by atoms with Crippen molar-refractivity contribution in [3.63, 3.8) is 0 Å². The van der Waals surface area contributed by atoms with Crippen molar-refractivity contribution in [2.24, 2.45) is 0 Å². The lowest BCUT2D eigenvalue weighted by molar-refractivity contribution is 0.0696. The third-order valence-corrected chi connectivity index (χ3v) is 3.19. The zero-order valence-electron chi connectivity index (χ0n) is 9.62. The van der Waals surface area contributed by atoms with Crippen molar-refractivity contribution in [3.8, 4) is 5.75 Å². The highest BCUT2D eigenvalue weighted by atomic mass is 32.2. The Labute approximate surface area is 108 Å². The highest BCUT2D eigenvalue weighted by Crippen LogP contribution is 2.27. The van der Waals surface area contributed by atoms with Gasteiger partial charge < -0.3 is 14.3 Å². The molecular formula is C12H11NO4S. The molecule has 0 aliphatic carbocycles. The molecule has 2 aromatic rings. The normalized spacial score (nSPS) is 10.3. The Morgan fingerprint density at radius 2 is 2.39 bits per heavy atom. The summed E-state index contributed by atoms with van der Waals surface area (Å²) >= 11 is 1.38. The molecule has 1 N–H and O–H groups in total.